The molecule has 2 aromatic rings. The van der Waals surface area contributed by atoms with Gasteiger partial charge in [0.05, 0.1) is 9.47 Å². The van der Waals surface area contributed by atoms with Gasteiger partial charge in [0.15, 0.2) is 0 Å². The second-order valence-corrected chi connectivity index (χ2v) is 3.72. The molecule has 17 heavy (non-hydrogen) atoms. The summed E-state index contributed by atoms with van der Waals surface area (Å²) in [5.41, 5.74) is 7.57. The second kappa shape index (κ2) is 4.44. The normalized spacial score (nSPS) is 9.94. The molecular weight excluding hydrogens is 235 g/mol. The molecule has 1 atom stereocenters. The molecule has 1 unspecified atom stereocenters. The SMILES string of the molecule is Cn1nc(-c2ccc(OP)cc2)c(C#N)c1N. The van der Waals surface area contributed by atoms with Crippen LogP contribution >= 0.6 is 9.47 Å². The van der Waals surface area contributed by atoms with E-state index in [9.17, 15) is 0 Å². The van der Waals surface area contributed by atoms with Crippen molar-refractivity contribution in [2.45, 2.75) is 0 Å². The van der Waals surface area contributed by atoms with E-state index in [0.717, 1.165) is 11.3 Å². The Balaban J connectivity index is 2.53. The van der Waals surface area contributed by atoms with Crippen LogP contribution in [0.1, 0.15) is 5.56 Å². The fourth-order valence-electron chi connectivity index (χ4n) is 1.54. The zero-order valence-corrected chi connectivity index (χ0v) is 10.4. The topological polar surface area (TPSA) is 76.9 Å². The fraction of sp³-hybridized carbons (Fsp3) is 0.0909. The Morgan fingerprint density at radius 1 is 1.41 bits per heavy atom. The Hall–Kier alpha value is -2.05. The highest BCUT2D eigenvalue weighted by Crippen LogP contribution is 2.27. The van der Waals surface area contributed by atoms with Gasteiger partial charge in [0.25, 0.3) is 0 Å². The Morgan fingerprint density at radius 3 is 2.59 bits per heavy atom. The van der Waals surface area contributed by atoms with Crippen LogP contribution in [0.5, 0.6) is 5.75 Å². The van der Waals surface area contributed by atoms with Gasteiger partial charge < -0.3 is 10.3 Å². The van der Waals surface area contributed by atoms with Crippen molar-refractivity contribution in [2.75, 3.05) is 5.73 Å². The molecular formula is C11H11N4OP. The molecule has 2 N–H and O–H groups in total. The van der Waals surface area contributed by atoms with Crippen LogP contribution < -0.4 is 10.3 Å². The molecule has 0 bridgehead atoms. The van der Waals surface area contributed by atoms with Gasteiger partial charge in [-0.25, -0.2) is 0 Å². The summed E-state index contributed by atoms with van der Waals surface area (Å²) >= 11 is 0. The summed E-state index contributed by atoms with van der Waals surface area (Å²) in [5, 5.41) is 13.3. The highest BCUT2D eigenvalue weighted by molar-refractivity contribution is 7.10. The number of aryl methyl sites for hydroxylation is 1. The molecule has 0 fully saturated rings. The number of hydrogen-bond donors (Lipinski definition) is 1. The average molecular weight is 246 g/mol. The van der Waals surface area contributed by atoms with E-state index in [1.54, 1.807) is 19.2 Å². The molecule has 2 rings (SSSR count). The minimum atomic E-state index is 0.369. The van der Waals surface area contributed by atoms with Crippen LogP contribution in [0.3, 0.4) is 0 Å². The van der Waals surface area contributed by atoms with Gasteiger partial charge in [-0.3, -0.25) is 4.68 Å². The van der Waals surface area contributed by atoms with Crippen molar-refractivity contribution in [1.29, 1.82) is 5.26 Å². The lowest BCUT2D eigenvalue weighted by atomic mass is 10.1. The van der Waals surface area contributed by atoms with Crippen LogP contribution in [-0.2, 0) is 7.05 Å². The van der Waals surface area contributed by atoms with Gasteiger partial charge in [0.2, 0.25) is 0 Å². The smallest absolute Gasteiger partial charge is 0.140 e. The Labute approximate surface area is 101 Å². The van der Waals surface area contributed by atoms with Crippen molar-refractivity contribution < 1.29 is 4.52 Å². The first-order chi connectivity index (χ1) is 8.17. The van der Waals surface area contributed by atoms with Crippen molar-refractivity contribution in [3.63, 3.8) is 0 Å². The summed E-state index contributed by atoms with van der Waals surface area (Å²) in [6.07, 6.45) is 0. The lowest BCUT2D eigenvalue weighted by molar-refractivity contribution is 0.646. The van der Waals surface area contributed by atoms with E-state index in [1.165, 1.54) is 4.68 Å². The largest absolute Gasteiger partial charge is 0.480 e. The quantitative estimate of drug-likeness (QED) is 0.818. The Bertz CT molecular complexity index is 583. The van der Waals surface area contributed by atoms with Crippen LogP contribution in [0.25, 0.3) is 11.3 Å². The van der Waals surface area contributed by atoms with Gasteiger partial charge >= 0.3 is 0 Å². The highest BCUT2D eigenvalue weighted by atomic mass is 31.0. The minimum Gasteiger partial charge on any atom is -0.480 e. The minimum absolute atomic E-state index is 0.369. The number of hydrogen-bond acceptors (Lipinski definition) is 4. The predicted octanol–water partition coefficient (Wildman–Crippen LogP) is 1.71. The van der Waals surface area contributed by atoms with Gasteiger partial charge in [-0.15, -0.1) is 0 Å². The molecule has 0 saturated heterocycles. The van der Waals surface area contributed by atoms with Crippen LogP contribution in [0.15, 0.2) is 24.3 Å². The van der Waals surface area contributed by atoms with E-state index >= 15 is 0 Å². The van der Waals surface area contributed by atoms with Gasteiger partial charge in [0, 0.05) is 12.6 Å². The van der Waals surface area contributed by atoms with Crippen LogP contribution in [0.2, 0.25) is 0 Å². The van der Waals surface area contributed by atoms with Crippen LogP contribution in [0, 0.1) is 11.3 Å². The lowest BCUT2D eigenvalue weighted by Gasteiger charge is -2.00. The second-order valence-electron chi connectivity index (χ2n) is 3.49. The highest BCUT2D eigenvalue weighted by Gasteiger charge is 2.14. The maximum absolute atomic E-state index is 9.06. The number of nitrogens with two attached hydrogens (primary N) is 1. The average Bonchev–Trinajstić information content (AvgIpc) is 2.65. The van der Waals surface area contributed by atoms with E-state index in [0.29, 0.717) is 17.1 Å². The molecule has 0 spiro atoms. The van der Waals surface area contributed by atoms with Gasteiger partial charge in [-0.05, 0) is 24.3 Å². The van der Waals surface area contributed by atoms with Gasteiger partial charge in [-0.1, -0.05) is 0 Å². The molecule has 0 saturated carbocycles. The van der Waals surface area contributed by atoms with Crippen LogP contribution in [0.4, 0.5) is 5.82 Å². The molecule has 0 aliphatic heterocycles. The van der Waals surface area contributed by atoms with Gasteiger partial charge in [-0.2, -0.15) is 10.4 Å². The summed E-state index contributed by atoms with van der Waals surface area (Å²) < 4.78 is 6.49. The number of nitriles is 1. The molecule has 0 amide bonds. The molecule has 86 valence electrons. The van der Waals surface area contributed by atoms with Crippen molar-refractivity contribution in [3.8, 4) is 23.1 Å². The zero-order chi connectivity index (χ0) is 12.4. The lowest BCUT2D eigenvalue weighted by Crippen LogP contribution is -1.97. The summed E-state index contributed by atoms with van der Waals surface area (Å²) in [5.74, 6) is 1.09. The van der Waals surface area contributed by atoms with Gasteiger partial charge in [0.1, 0.15) is 28.9 Å². The number of aromatic nitrogens is 2. The number of nitrogens with zero attached hydrogens (tertiary/aromatic N) is 3. The Morgan fingerprint density at radius 2 is 2.06 bits per heavy atom. The third-order valence-electron chi connectivity index (χ3n) is 2.47. The summed E-state index contributed by atoms with van der Waals surface area (Å²) in [6, 6.07) is 9.34. The number of benzene rings is 1. The van der Waals surface area contributed by atoms with E-state index < -0.39 is 0 Å². The summed E-state index contributed by atoms with van der Waals surface area (Å²) in [4.78, 5) is 0. The molecule has 1 heterocycles. The standard InChI is InChI=1S/C11H11N4OP/c1-15-11(13)9(6-12)10(14-15)7-2-4-8(16-17)5-3-7/h2-5H,13,17H2,1H3. The number of nitrogen functional groups attached to an aromatic ring is 1. The van der Waals surface area contributed by atoms with Crippen molar-refractivity contribution in [2.24, 2.45) is 7.05 Å². The van der Waals surface area contributed by atoms with Crippen molar-refractivity contribution in [1.82, 2.24) is 9.78 Å². The van der Waals surface area contributed by atoms with Crippen molar-refractivity contribution >= 4 is 15.3 Å². The molecule has 1 aromatic heterocycles. The maximum atomic E-state index is 9.06. The summed E-state index contributed by atoms with van der Waals surface area (Å²) in [6.45, 7) is 0. The molecule has 0 aliphatic rings. The third kappa shape index (κ3) is 1.95. The number of rotatable bonds is 2. The van der Waals surface area contributed by atoms with Crippen LogP contribution in [-0.4, -0.2) is 9.78 Å². The van der Waals surface area contributed by atoms with E-state index in [4.69, 9.17) is 15.5 Å². The molecule has 0 radical (unpaired) electrons. The van der Waals surface area contributed by atoms with E-state index in [-0.39, 0.29) is 0 Å². The Kier molecular flexibility index (Phi) is 2.99. The first-order valence-corrected chi connectivity index (χ1v) is 5.34. The van der Waals surface area contributed by atoms with E-state index in [1.807, 2.05) is 12.1 Å². The number of anilines is 1. The molecule has 1 aromatic carbocycles. The first-order valence-electron chi connectivity index (χ1n) is 4.87. The van der Waals surface area contributed by atoms with E-state index in [2.05, 4.69) is 20.6 Å². The monoisotopic (exact) mass is 246 g/mol. The third-order valence-corrected chi connectivity index (χ3v) is 2.74. The molecule has 6 heteroatoms. The maximum Gasteiger partial charge on any atom is 0.140 e. The zero-order valence-electron chi connectivity index (χ0n) is 9.21. The predicted molar refractivity (Wildman–Crippen MR) is 68.1 cm³/mol. The summed E-state index contributed by atoms with van der Waals surface area (Å²) in [7, 11) is 3.88. The fourth-order valence-corrected chi connectivity index (χ4v) is 1.70. The molecule has 5 nitrogen and oxygen atoms in total. The first kappa shape index (κ1) is 11.4. The molecule has 0 aliphatic carbocycles. The van der Waals surface area contributed by atoms with Crippen molar-refractivity contribution in [3.05, 3.63) is 29.8 Å².